The number of hydrogen-bond donors (Lipinski definition) is 2. The molecule has 0 saturated heterocycles. The van der Waals surface area contributed by atoms with Crippen LogP contribution >= 0.6 is 0 Å². The van der Waals surface area contributed by atoms with E-state index in [1.54, 1.807) is 30.3 Å². The minimum atomic E-state index is -3.23. The van der Waals surface area contributed by atoms with Gasteiger partial charge in [0.2, 0.25) is 0 Å². The molecule has 2 aliphatic rings. The fraction of sp³-hybridized carbons (Fsp3) is 0.650. The lowest BCUT2D eigenvalue weighted by Crippen LogP contribution is -2.08. The minimum Gasteiger partial charge on any atom is -0.481 e. The van der Waals surface area contributed by atoms with Gasteiger partial charge in [0.05, 0.1) is 34.1 Å². The lowest BCUT2D eigenvalue weighted by atomic mass is 9.98. The Morgan fingerprint density at radius 3 is 1.32 bits per heavy atom. The molecule has 0 radical (unpaired) electrons. The van der Waals surface area contributed by atoms with Crippen molar-refractivity contribution < 1.29 is 36.6 Å². The van der Waals surface area contributed by atoms with Crippen molar-refractivity contribution in [3.63, 3.8) is 0 Å². The SMILES string of the molecule is CC.CC.CC.CC.CC.CC.CCCS(=O)(=O)c1ccc2c(c1)C(CC(=O)O)CC2.CCCS(=O)(=O)c1ccc2c(c1)CCC2CC(=O)O. The third-order valence-corrected chi connectivity index (χ3v) is 11.0. The molecule has 0 aromatic heterocycles. The summed E-state index contributed by atoms with van der Waals surface area (Å²) < 4.78 is 48.1. The Hall–Kier alpha value is -2.72. The molecular weight excluding hydrogens is 673 g/mol. The van der Waals surface area contributed by atoms with Crippen molar-refractivity contribution in [2.75, 3.05) is 11.5 Å². The second-order valence-electron chi connectivity index (χ2n) is 10.0. The maximum absolute atomic E-state index is 12.0. The van der Waals surface area contributed by atoms with Gasteiger partial charge in [-0.05, 0) is 96.9 Å². The highest BCUT2D eigenvalue weighted by Gasteiger charge is 2.27. The van der Waals surface area contributed by atoms with Crippen LogP contribution in [0.3, 0.4) is 0 Å². The molecule has 10 heteroatoms. The van der Waals surface area contributed by atoms with Crippen molar-refractivity contribution in [1.82, 2.24) is 0 Å². The molecule has 2 atom stereocenters. The van der Waals surface area contributed by atoms with E-state index in [-0.39, 0.29) is 36.2 Å². The average molecular weight is 745 g/mol. The number of sulfone groups is 2. The normalized spacial score (nSPS) is 14.6. The highest BCUT2D eigenvalue weighted by Crippen LogP contribution is 2.38. The number of fused-ring (bicyclic) bond motifs is 2. The fourth-order valence-corrected chi connectivity index (χ4v) is 8.08. The smallest absolute Gasteiger partial charge is 0.303 e. The summed E-state index contributed by atoms with van der Waals surface area (Å²) in [6, 6.07) is 10.3. The largest absolute Gasteiger partial charge is 0.481 e. The molecule has 2 unspecified atom stereocenters. The third kappa shape index (κ3) is 18.5. The zero-order chi connectivity index (χ0) is 40.1. The third-order valence-electron chi connectivity index (χ3n) is 7.14. The Labute approximate surface area is 307 Å². The first-order valence-corrected chi connectivity index (χ1v) is 22.3. The van der Waals surface area contributed by atoms with Gasteiger partial charge >= 0.3 is 11.9 Å². The molecule has 0 spiro atoms. The highest BCUT2D eigenvalue weighted by atomic mass is 32.2. The van der Waals surface area contributed by atoms with E-state index in [1.807, 2.05) is 103 Å². The summed E-state index contributed by atoms with van der Waals surface area (Å²) in [6.07, 6.45) is 4.55. The van der Waals surface area contributed by atoms with Crippen LogP contribution in [0.15, 0.2) is 46.2 Å². The minimum absolute atomic E-state index is 0.0235. The lowest BCUT2D eigenvalue weighted by molar-refractivity contribution is -0.138. The summed E-state index contributed by atoms with van der Waals surface area (Å²) in [7, 11) is -6.42. The van der Waals surface area contributed by atoms with E-state index in [2.05, 4.69) is 0 Å². The van der Waals surface area contributed by atoms with Crippen LogP contribution in [0, 0.1) is 0 Å². The van der Waals surface area contributed by atoms with E-state index in [9.17, 15) is 26.4 Å². The summed E-state index contributed by atoms with van der Waals surface area (Å²) in [5, 5.41) is 17.8. The molecule has 2 aliphatic carbocycles. The first-order chi connectivity index (χ1) is 23.9. The maximum Gasteiger partial charge on any atom is 0.303 e. The van der Waals surface area contributed by atoms with Gasteiger partial charge in [0.1, 0.15) is 0 Å². The van der Waals surface area contributed by atoms with E-state index < -0.39 is 31.6 Å². The Morgan fingerprint density at radius 1 is 0.560 bits per heavy atom. The van der Waals surface area contributed by atoms with E-state index in [4.69, 9.17) is 10.2 Å². The Bertz CT molecular complexity index is 1400. The number of hydrogen-bond acceptors (Lipinski definition) is 6. The van der Waals surface area contributed by atoms with Crippen LogP contribution in [-0.2, 0) is 42.1 Å². The Morgan fingerprint density at radius 2 is 0.920 bits per heavy atom. The zero-order valence-electron chi connectivity index (χ0n) is 33.9. The molecule has 2 aromatic carbocycles. The molecule has 0 saturated carbocycles. The number of carbonyl (C=O) groups is 2. The van der Waals surface area contributed by atoms with Crippen molar-refractivity contribution in [3.05, 3.63) is 58.7 Å². The molecular formula is C40H72O8S2. The van der Waals surface area contributed by atoms with E-state index in [0.29, 0.717) is 22.6 Å². The Kier molecular flexibility index (Phi) is 33.6. The molecule has 8 nitrogen and oxygen atoms in total. The number of rotatable bonds is 10. The van der Waals surface area contributed by atoms with Crippen molar-refractivity contribution in [2.45, 2.75) is 170 Å². The molecule has 0 amide bonds. The second kappa shape index (κ2) is 31.1. The summed E-state index contributed by atoms with van der Waals surface area (Å²) >= 11 is 0. The Balaban J connectivity index is -0.000000326. The first-order valence-electron chi connectivity index (χ1n) is 19.0. The molecule has 0 bridgehead atoms. The van der Waals surface area contributed by atoms with Gasteiger partial charge in [-0.2, -0.15) is 0 Å². The van der Waals surface area contributed by atoms with Gasteiger partial charge in [-0.15, -0.1) is 0 Å². The summed E-state index contributed by atoms with van der Waals surface area (Å²) in [5.41, 5.74) is 3.97. The number of benzene rings is 2. The van der Waals surface area contributed by atoms with Crippen molar-refractivity contribution in [3.8, 4) is 0 Å². The number of carboxylic acid groups (broad SMARTS) is 2. The van der Waals surface area contributed by atoms with Crippen molar-refractivity contribution in [1.29, 1.82) is 0 Å². The molecule has 0 fully saturated rings. The van der Waals surface area contributed by atoms with E-state index >= 15 is 0 Å². The van der Waals surface area contributed by atoms with Gasteiger partial charge in [0.15, 0.2) is 19.7 Å². The van der Waals surface area contributed by atoms with E-state index in [1.165, 1.54) is 0 Å². The highest BCUT2D eigenvalue weighted by molar-refractivity contribution is 7.91. The standard InChI is InChI=1S/2C14H18O4S.6C2H6/c1-2-7-19(17,18)12-5-6-13-10(8-12)3-4-11(13)9-14(15)16;1-2-7-19(17,18)12-6-5-10-3-4-11(8-14(15)16)13(10)9-12;6*1-2/h5-6,8,11H,2-4,7,9H2,1H3,(H,15,16);5-6,9,11H,2-4,7-8H2,1H3,(H,15,16);6*1-2H3. The van der Waals surface area contributed by atoms with Crippen LogP contribution in [0.2, 0.25) is 0 Å². The summed E-state index contributed by atoms with van der Waals surface area (Å²) in [5.74, 6) is -1.38. The summed E-state index contributed by atoms with van der Waals surface area (Å²) in [4.78, 5) is 22.3. The number of carboxylic acids is 2. The fourth-order valence-electron chi connectivity index (χ4n) is 5.35. The number of aryl methyl sites for hydroxylation is 2. The average Bonchev–Trinajstić information content (AvgIpc) is 3.72. The predicted octanol–water partition coefficient (Wildman–Crippen LogP) is 10.9. The van der Waals surface area contributed by atoms with Crippen LogP contribution in [0.5, 0.6) is 0 Å². The first kappa shape index (κ1) is 54.1. The van der Waals surface area contributed by atoms with E-state index in [0.717, 1.165) is 47.9 Å². The molecule has 2 aromatic rings. The number of aliphatic carboxylic acids is 2. The molecule has 0 heterocycles. The van der Waals surface area contributed by atoms with Gasteiger partial charge in [-0.3, -0.25) is 9.59 Å². The van der Waals surface area contributed by atoms with Crippen LogP contribution in [-0.4, -0.2) is 50.5 Å². The molecule has 292 valence electrons. The maximum atomic E-state index is 12.0. The van der Waals surface area contributed by atoms with Crippen molar-refractivity contribution >= 4 is 31.6 Å². The molecule has 4 rings (SSSR count). The van der Waals surface area contributed by atoms with Crippen molar-refractivity contribution in [2.24, 2.45) is 0 Å². The topological polar surface area (TPSA) is 143 Å². The molecule has 50 heavy (non-hydrogen) atoms. The van der Waals surface area contributed by atoms with Gasteiger partial charge in [0, 0.05) is 0 Å². The summed E-state index contributed by atoms with van der Waals surface area (Å²) in [6.45, 7) is 27.7. The molecule has 0 aliphatic heterocycles. The van der Waals surface area contributed by atoms with Crippen LogP contribution in [0.4, 0.5) is 0 Å². The van der Waals surface area contributed by atoms with Crippen LogP contribution in [0.25, 0.3) is 0 Å². The van der Waals surface area contributed by atoms with Gasteiger partial charge in [0.25, 0.3) is 0 Å². The predicted molar refractivity (Wildman–Crippen MR) is 212 cm³/mol. The van der Waals surface area contributed by atoms with Gasteiger partial charge in [-0.25, -0.2) is 16.8 Å². The zero-order valence-corrected chi connectivity index (χ0v) is 35.5. The second-order valence-corrected chi connectivity index (χ2v) is 14.2. The molecule has 2 N–H and O–H groups in total. The lowest BCUT2D eigenvalue weighted by Gasteiger charge is -2.10. The monoisotopic (exact) mass is 744 g/mol. The van der Waals surface area contributed by atoms with Crippen LogP contribution in [0.1, 0.15) is 170 Å². The van der Waals surface area contributed by atoms with Gasteiger partial charge in [-0.1, -0.05) is 109 Å². The van der Waals surface area contributed by atoms with Crippen LogP contribution < -0.4 is 0 Å². The quantitative estimate of drug-likeness (QED) is 0.245. The van der Waals surface area contributed by atoms with Gasteiger partial charge < -0.3 is 10.2 Å².